The average molecular weight is 303 g/mol. The lowest BCUT2D eigenvalue weighted by Crippen LogP contribution is -2.11. The second-order valence-electron chi connectivity index (χ2n) is 4.99. The summed E-state index contributed by atoms with van der Waals surface area (Å²) in [6.45, 7) is 0. The number of anilines is 1. The van der Waals surface area contributed by atoms with Gasteiger partial charge in [0.15, 0.2) is 0 Å². The molecule has 4 heteroatoms. The van der Waals surface area contributed by atoms with Gasteiger partial charge in [0.25, 0.3) is 5.91 Å². The van der Waals surface area contributed by atoms with E-state index < -0.39 is 0 Å². The SMILES string of the molecule is O=C(Nc1ccccc1SC1CCCC1)c1ccsc1. The Morgan fingerprint density at radius 2 is 2.00 bits per heavy atom. The number of benzene rings is 1. The Morgan fingerprint density at radius 1 is 1.20 bits per heavy atom. The average Bonchev–Trinajstić information content (AvgIpc) is 3.13. The molecule has 1 saturated carbocycles. The molecule has 1 heterocycles. The predicted octanol–water partition coefficient (Wildman–Crippen LogP) is 5.04. The predicted molar refractivity (Wildman–Crippen MR) is 86.8 cm³/mol. The maximum atomic E-state index is 12.2. The van der Waals surface area contributed by atoms with Crippen LogP contribution in [0.5, 0.6) is 0 Å². The first-order chi connectivity index (χ1) is 9.83. The highest BCUT2D eigenvalue weighted by Crippen LogP contribution is 2.38. The van der Waals surface area contributed by atoms with Crippen molar-refractivity contribution in [1.82, 2.24) is 0 Å². The minimum absolute atomic E-state index is 0.0225. The second kappa shape index (κ2) is 6.46. The highest BCUT2D eigenvalue weighted by molar-refractivity contribution is 8.00. The highest BCUT2D eigenvalue weighted by atomic mass is 32.2. The molecular weight excluding hydrogens is 286 g/mol. The Bertz CT molecular complexity index is 574. The van der Waals surface area contributed by atoms with E-state index in [1.54, 1.807) is 11.3 Å². The molecule has 1 N–H and O–H groups in total. The number of thiophene rings is 1. The molecule has 2 aromatic rings. The summed E-state index contributed by atoms with van der Waals surface area (Å²) >= 11 is 3.45. The molecule has 20 heavy (non-hydrogen) atoms. The van der Waals surface area contributed by atoms with E-state index in [0.29, 0.717) is 5.25 Å². The molecule has 0 saturated heterocycles. The van der Waals surface area contributed by atoms with Crippen molar-refractivity contribution in [2.45, 2.75) is 35.8 Å². The van der Waals surface area contributed by atoms with E-state index >= 15 is 0 Å². The monoisotopic (exact) mass is 303 g/mol. The third-order valence-electron chi connectivity index (χ3n) is 3.51. The van der Waals surface area contributed by atoms with Crippen LogP contribution in [-0.4, -0.2) is 11.2 Å². The summed E-state index contributed by atoms with van der Waals surface area (Å²) < 4.78 is 0. The van der Waals surface area contributed by atoms with Crippen molar-refractivity contribution in [3.05, 3.63) is 46.7 Å². The van der Waals surface area contributed by atoms with Crippen molar-refractivity contribution >= 4 is 34.7 Å². The molecule has 1 amide bonds. The van der Waals surface area contributed by atoms with Gasteiger partial charge in [-0.05, 0) is 36.4 Å². The second-order valence-corrected chi connectivity index (χ2v) is 7.11. The lowest BCUT2D eigenvalue weighted by Gasteiger charge is -2.13. The first kappa shape index (κ1) is 13.7. The number of carbonyl (C=O) groups excluding carboxylic acids is 1. The fourth-order valence-corrected chi connectivity index (χ4v) is 4.41. The number of nitrogens with one attached hydrogen (secondary N) is 1. The number of carbonyl (C=O) groups is 1. The molecule has 2 nitrogen and oxygen atoms in total. The Hall–Kier alpha value is -1.26. The van der Waals surface area contributed by atoms with Crippen LogP contribution in [0.2, 0.25) is 0 Å². The van der Waals surface area contributed by atoms with Crippen LogP contribution in [0.25, 0.3) is 0 Å². The minimum Gasteiger partial charge on any atom is -0.321 e. The molecule has 0 aliphatic heterocycles. The van der Waals surface area contributed by atoms with Crippen LogP contribution in [0.15, 0.2) is 46.0 Å². The van der Waals surface area contributed by atoms with Crippen LogP contribution in [-0.2, 0) is 0 Å². The molecule has 1 aromatic heterocycles. The zero-order valence-electron chi connectivity index (χ0n) is 11.2. The van der Waals surface area contributed by atoms with Crippen molar-refractivity contribution < 1.29 is 4.79 Å². The Morgan fingerprint density at radius 3 is 2.75 bits per heavy atom. The van der Waals surface area contributed by atoms with E-state index in [0.717, 1.165) is 11.3 Å². The summed E-state index contributed by atoms with van der Waals surface area (Å²) in [7, 11) is 0. The molecule has 0 unspecified atom stereocenters. The summed E-state index contributed by atoms with van der Waals surface area (Å²) in [6.07, 6.45) is 5.25. The lowest BCUT2D eigenvalue weighted by molar-refractivity contribution is 0.102. The third kappa shape index (κ3) is 3.25. The van der Waals surface area contributed by atoms with Crippen molar-refractivity contribution in [3.63, 3.8) is 0 Å². The number of para-hydroxylation sites is 1. The van der Waals surface area contributed by atoms with Crippen molar-refractivity contribution in [3.8, 4) is 0 Å². The minimum atomic E-state index is -0.0225. The third-order valence-corrected chi connectivity index (χ3v) is 5.61. The van der Waals surface area contributed by atoms with Gasteiger partial charge in [0.05, 0.1) is 11.3 Å². The number of thioether (sulfide) groups is 1. The van der Waals surface area contributed by atoms with Gasteiger partial charge >= 0.3 is 0 Å². The van der Waals surface area contributed by atoms with Crippen molar-refractivity contribution in [2.24, 2.45) is 0 Å². The summed E-state index contributed by atoms with van der Waals surface area (Å²) in [5.74, 6) is -0.0225. The fraction of sp³-hybridized carbons (Fsp3) is 0.312. The number of hydrogen-bond donors (Lipinski definition) is 1. The van der Waals surface area contributed by atoms with Gasteiger partial charge in [0.1, 0.15) is 0 Å². The molecule has 1 aliphatic rings. The van der Waals surface area contributed by atoms with Gasteiger partial charge in [-0.2, -0.15) is 11.3 Å². The Kier molecular flexibility index (Phi) is 4.43. The molecule has 104 valence electrons. The summed E-state index contributed by atoms with van der Waals surface area (Å²) in [5.41, 5.74) is 1.66. The zero-order chi connectivity index (χ0) is 13.8. The summed E-state index contributed by atoms with van der Waals surface area (Å²) in [5, 5.41) is 7.54. The molecule has 1 fully saturated rings. The quantitative estimate of drug-likeness (QED) is 0.857. The highest BCUT2D eigenvalue weighted by Gasteiger charge is 2.18. The largest absolute Gasteiger partial charge is 0.321 e. The maximum Gasteiger partial charge on any atom is 0.256 e. The smallest absolute Gasteiger partial charge is 0.256 e. The molecule has 1 aromatic carbocycles. The lowest BCUT2D eigenvalue weighted by atomic mass is 10.3. The van der Waals surface area contributed by atoms with E-state index in [-0.39, 0.29) is 5.91 Å². The summed E-state index contributed by atoms with van der Waals surface area (Å²) in [4.78, 5) is 13.3. The standard InChI is InChI=1S/C16H17NOS2/c18-16(12-9-10-19-11-12)17-14-7-3-4-8-15(14)20-13-5-1-2-6-13/h3-4,7-11,13H,1-2,5-6H2,(H,17,18). The van der Waals surface area contributed by atoms with Gasteiger partial charge in [-0.25, -0.2) is 0 Å². The molecule has 1 aliphatic carbocycles. The number of rotatable bonds is 4. The number of hydrogen-bond acceptors (Lipinski definition) is 3. The van der Waals surface area contributed by atoms with Gasteiger partial charge in [-0.15, -0.1) is 11.8 Å². The van der Waals surface area contributed by atoms with Gasteiger partial charge in [-0.3, -0.25) is 4.79 Å². The molecular formula is C16H17NOS2. The van der Waals surface area contributed by atoms with Gasteiger partial charge in [0.2, 0.25) is 0 Å². The van der Waals surface area contributed by atoms with Crippen LogP contribution >= 0.6 is 23.1 Å². The fourth-order valence-electron chi connectivity index (χ4n) is 2.45. The topological polar surface area (TPSA) is 29.1 Å². The molecule has 0 bridgehead atoms. The summed E-state index contributed by atoms with van der Waals surface area (Å²) in [6, 6.07) is 9.96. The molecule has 0 radical (unpaired) electrons. The van der Waals surface area contributed by atoms with E-state index in [1.807, 2.05) is 46.8 Å². The van der Waals surface area contributed by atoms with Crippen LogP contribution in [0.1, 0.15) is 36.0 Å². The van der Waals surface area contributed by atoms with E-state index in [1.165, 1.54) is 30.6 Å². The van der Waals surface area contributed by atoms with E-state index in [4.69, 9.17) is 0 Å². The van der Waals surface area contributed by atoms with Crippen molar-refractivity contribution in [2.75, 3.05) is 5.32 Å². The molecule has 0 atom stereocenters. The van der Waals surface area contributed by atoms with Gasteiger partial charge in [0, 0.05) is 15.5 Å². The van der Waals surface area contributed by atoms with Crippen LogP contribution in [0.3, 0.4) is 0 Å². The van der Waals surface area contributed by atoms with Gasteiger partial charge in [-0.1, -0.05) is 25.0 Å². The van der Waals surface area contributed by atoms with Crippen LogP contribution in [0.4, 0.5) is 5.69 Å². The normalized spacial score (nSPS) is 15.4. The van der Waals surface area contributed by atoms with E-state index in [9.17, 15) is 4.79 Å². The molecule has 3 rings (SSSR count). The Labute approximate surface area is 127 Å². The van der Waals surface area contributed by atoms with Gasteiger partial charge < -0.3 is 5.32 Å². The molecule has 0 spiro atoms. The van der Waals surface area contributed by atoms with Crippen LogP contribution < -0.4 is 5.32 Å². The van der Waals surface area contributed by atoms with E-state index in [2.05, 4.69) is 11.4 Å². The van der Waals surface area contributed by atoms with Crippen molar-refractivity contribution in [1.29, 1.82) is 0 Å². The maximum absolute atomic E-state index is 12.2. The Balaban J connectivity index is 1.73. The van der Waals surface area contributed by atoms with Crippen LogP contribution in [0, 0.1) is 0 Å². The number of amides is 1. The first-order valence-electron chi connectivity index (χ1n) is 6.92. The zero-order valence-corrected chi connectivity index (χ0v) is 12.8. The first-order valence-corrected chi connectivity index (χ1v) is 8.74.